The number of aliphatic hydroxyl groups is 2. The molecule has 0 fully saturated rings. The monoisotopic (exact) mass is 209 g/mol. The van der Waals surface area contributed by atoms with Gasteiger partial charge in [0, 0.05) is 5.56 Å². The Kier molecular flexibility index (Phi) is 4.42. The fourth-order valence-electron chi connectivity index (χ4n) is 1.32. The van der Waals surface area contributed by atoms with Gasteiger partial charge in [0.15, 0.2) is 0 Å². The zero-order valence-corrected chi connectivity index (χ0v) is 8.34. The van der Waals surface area contributed by atoms with Crippen LogP contribution in [0.5, 0.6) is 0 Å². The molecule has 1 aromatic rings. The summed E-state index contributed by atoms with van der Waals surface area (Å²) in [7, 11) is 0. The summed E-state index contributed by atoms with van der Waals surface area (Å²) in [6.07, 6.45) is -0.741. The first-order chi connectivity index (χ1) is 7.19. The number of hydrogen-bond donors (Lipinski definition) is 3. The van der Waals surface area contributed by atoms with Gasteiger partial charge in [-0.05, 0) is 18.5 Å². The van der Waals surface area contributed by atoms with Crippen LogP contribution in [0.2, 0.25) is 0 Å². The third-order valence-electron chi connectivity index (χ3n) is 2.24. The first kappa shape index (κ1) is 11.8. The lowest BCUT2D eigenvalue weighted by Gasteiger charge is -2.17. The largest absolute Gasteiger partial charge is 0.390 e. The summed E-state index contributed by atoms with van der Waals surface area (Å²) in [4.78, 5) is 10.4. The molecule has 4 heteroatoms. The van der Waals surface area contributed by atoms with Crippen LogP contribution in [0.4, 0.5) is 0 Å². The molecule has 0 heterocycles. The number of aliphatic hydroxyl groups excluding tert-OH is 2. The molecule has 0 aromatic heterocycles. The van der Waals surface area contributed by atoms with E-state index in [0.717, 1.165) is 6.29 Å². The lowest BCUT2D eigenvalue weighted by atomic mass is 10.0. The molecule has 4 nitrogen and oxygen atoms in total. The van der Waals surface area contributed by atoms with Crippen molar-refractivity contribution in [1.29, 1.82) is 0 Å². The topological polar surface area (TPSA) is 83.6 Å². The highest BCUT2D eigenvalue weighted by Gasteiger charge is 2.16. The molecule has 0 aliphatic heterocycles. The minimum absolute atomic E-state index is 0.324. The lowest BCUT2D eigenvalue weighted by molar-refractivity contribution is 0.0150. The van der Waals surface area contributed by atoms with Crippen molar-refractivity contribution in [3.63, 3.8) is 0 Å². The van der Waals surface area contributed by atoms with Crippen molar-refractivity contribution in [3.05, 3.63) is 35.4 Å². The van der Waals surface area contributed by atoms with E-state index < -0.39 is 12.2 Å². The average Bonchev–Trinajstić information content (AvgIpc) is 2.28. The highest BCUT2D eigenvalue weighted by Crippen LogP contribution is 2.18. The summed E-state index contributed by atoms with van der Waals surface area (Å²) >= 11 is 0. The molecule has 1 aromatic carbocycles. The second kappa shape index (κ2) is 5.60. The third kappa shape index (κ3) is 3.13. The zero-order chi connectivity index (χ0) is 11.3. The highest BCUT2D eigenvalue weighted by atomic mass is 16.3. The first-order valence-electron chi connectivity index (χ1n) is 4.80. The Labute approximate surface area is 88.3 Å². The number of hydrogen-bond acceptors (Lipinski definition) is 4. The van der Waals surface area contributed by atoms with Crippen molar-refractivity contribution in [3.8, 4) is 0 Å². The quantitative estimate of drug-likeness (QED) is 0.607. The number of rotatable bonds is 5. The van der Waals surface area contributed by atoms with Crippen LogP contribution in [0.3, 0.4) is 0 Å². The zero-order valence-electron chi connectivity index (χ0n) is 8.34. The summed E-state index contributed by atoms with van der Waals surface area (Å²) < 4.78 is 0. The van der Waals surface area contributed by atoms with Crippen LogP contribution in [0.25, 0.3) is 0 Å². The van der Waals surface area contributed by atoms with Gasteiger partial charge in [-0.1, -0.05) is 24.3 Å². The maximum absolute atomic E-state index is 10.4. The molecule has 0 amide bonds. The van der Waals surface area contributed by atoms with Gasteiger partial charge < -0.3 is 15.9 Å². The summed E-state index contributed by atoms with van der Waals surface area (Å²) in [5.74, 6) is 0. The molecule has 0 aliphatic rings. The number of nitrogens with two attached hydrogens (primary N) is 1. The SMILES string of the molecule is NCCC(O)C(O)c1ccc(C=O)cc1. The molecule has 0 saturated carbocycles. The summed E-state index contributed by atoms with van der Waals surface area (Å²) in [5, 5.41) is 19.2. The Morgan fingerprint density at radius 2 is 1.87 bits per heavy atom. The summed E-state index contributed by atoms with van der Waals surface area (Å²) in [5.41, 5.74) is 6.40. The molecule has 82 valence electrons. The minimum atomic E-state index is -0.950. The Balaban J connectivity index is 2.73. The normalized spacial score (nSPS) is 14.6. The second-order valence-corrected chi connectivity index (χ2v) is 3.37. The van der Waals surface area contributed by atoms with E-state index in [1.165, 1.54) is 0 Å². The van der Waals surface area contributed by atoms with Crippen LogP contribution in [-0.4, -0.2) is 29.1 Å². The Morgan fingerprint density at radius 1 is 1.27 bits per heavy atom. The van der Waals surface area contributed by atoms with Crippen molar-refractivity contribution in [2.75, 3.05) is 6.54 Å². The molecular weight excluding hydrogens is 194 g/mol. The van der Waals surface area contributed by atoms with Crippen LogP contribution < -0.4 is 5.73 Å². The molecule has 0 saturated heterocycles. The maximum atomic E-state index is 10.4. The fourth-order valence-corrected chi connectivity index (χ4v) is 1.32. The first-order valence-corrected chi connectivity index (χ1v) is 4.80. The van der Waals surface area contributed by atoms with Gasteiger partial charge >= 0.3 is 0 Å². The number of benzene rings is 1. The molecule has 2 unspecified atom stereocenters. The summed E-state index contributed by atoms with van der Waals surface area (Å²) in [6, 6.07) is 6.43. The van der Waals surface area contributed by atoms with Crippen molar-refractivity contribution in [2.24, 2.45) is 5.73 Å². The number of aldehydes is 1. The molecule has 0 aliphatic carbocycles. The van der Waals surface area contributed by atoms with Crippen molar-refractivity contribution in [1.82, 2.24) is 0 Å². The molecule has 0 spiro atoms. The molecular formula is C11H15NO3. The van der Waals surface area contributed by atoms with Gasteiger partial charge in [-0.25, -0.2) is 0 Å². The molecule has 2 atom stereocenters. The van der Waals surface area contributed by atoms with Gasteiger partial charge in [0.2, 0.25) is 0 Å². The van der Waals surface area contributed by atoms with E-state index >= 15 is 0 Å². The van der Waals surface area contributed by atoms with Crippen molar-refractivity contribution in [2.45, 2.75) is 18.6 Å². The standard InChI is InChI=1S/C11H15NO3/c12-6-5-10(14)11(15)9-3-1-8(7-13)2-4-9/h1-4,7,10-11,14-15H,5-6,12H2. The Bertz CT molecular complexity index is 310. The van der Waals surface area contributed by atoms with E-state index in [1.54, 1.807) is 24.3 Å². The van der Waals surface area contributed by atoms with Crippen LogP contribution >= 0.6 is 0 Å². The number of carbonyl (C=O) groups is 1. The highest BCUT2D eigenvalue weighted by molar-refractivity contribution is 5.74. The molecule has 1 rings (SSSR count). The Morgan fingerprint density at radius 3 is 2.33 bits per heavy atom. The average molecular weight is 209 g/mol. The molecule has 0 bridgehead atoms. The van der Waals surface area contributed by atoms with E-state index in [-0.39, 0.29) is 0 Å². The smallest absolute Gasteiger partial charge is 0.150 e. The molecule has 0 radical (unpaired) electrons. The summed E-state index contributed by atoms with van der Waals surface area (Å²) in [6.45, 7) is 0.324. The lowest BCUT2D eigenvalue weighted by Crippen LogP contribution is -2.21. The van der Waals surface area contributed by atoms with E-state index in [4.69, 9.17) is 5.73 Å². The van der Waals surface area contributed by atoms with E-state index in [1.807, 2.05) is 0 Å². The fraction of sp³-hybridized carbons (Fsp3) is 0.364. The van der Waals surface area contributed by atoms with Gasteiger partial charge in [-0.3, -0.25) is 4.79 Å². The van der Waals surface area contributed by atoms with Crippen LogP contribution in [0.15, 0.2) is 24.3 Å². The predicted octanol–water partition coefficient (Wildman–Crippen LogP) is 0.242. The maximum Gasteiger partial charge on any atom is 0.150 e. The van der Waals surface area contributed by atoms with Gasteiger partial charge in [0.1, 0.15) is 12.4 Å². The Hall–Kier alpha value is -1.23. The van der Waals surface area contributed by atoms with Crippen LogP contribution in [0.1, 0.15) is 28.4 Å². The molecule has 15 heavy (non-hydrogen) atoms. The second-order valence-electron chi connectivity index (χ2n) is 3.37. The van der Waals surface area contributed by atoms with Gasteiger partial charge in [0.25, 0.3) is 0 Å². The van der Waals surface area contributed by atoms with E-state index in [9.17, 15) is 15.0 Å². The van der Waals surface area contributed by atoms with E-state index in [0.29, 0.717) is 24.1 Å². The van der Waals surface area contributed by atoms with Gasteiger partial charge in [-0.2, -0.15) is 0 Å². The van der Waals surface area contributed by atoms with Crippen LogP contribution in [0, 0.1) is 0 Å². The van der Waals surface area contributed by atoms with Crippen LogP contribution in [-0.2, 0) is 0 Å². The molecule has 4 N–H and O–H groups in total. The minimum Gasteiger partial charge on any atom is -0.390 e. The van der Waals surface area contributed by atoms with Crippen molar-refractivity contribution >= 4 is 6.29 Å². The number of carbonyl (C=O) groups excluding carboxylic acids is 1. The van der Waals surface area contributed by atoms with Gasteiger partial charge in [-0.15, -0.1) is 0 Å². The third-order valence-corrected chi connectivity index (χ3v) is 2.24. The predicted molar refractivity (Wildman–Crippen MR) is 56.5 cm³/mol. The van der Waals surface area contributed by atoms with Gasteiger partial charge in [0.05, 0.1) is 6.10 Å². The van der Waals surface area contributed by atoms with Crippen molar-refractivity contribution < 1.29 is 15.0 Å². The van der Waals surface area contributed by atoms with E-state index in [2.05, 4.69) is 0 Å².